The van der Waals surface area contributed by atoms with Crippen LogP contribution in [0.25, 0.3) is 0 Å². The molecule has 5 nitrogen and oxygen atoms in total. The van der Waals surface area contributed by atoms with Gasteiger partial charge in [0.05, 0.1) is 26.4 Å². The minimum atomic E-state index is 0.126. The summed E-state index contributed by atoms with van der Waals surface area (Å²) in [6.07, 6.45) is 4.45. The highest BCUT2D eigenvalue weighted by Crippen LogP contribution is 2.31. The Morgan fingerprint density at radius 1 is 0.852 bits per heavy atom. The number of hydrogen-bond donors (Lipinski definition) is 2. The van der Waals surface area contributed by atoms with Crippen LogP contribution in [0.1, 0.15) is 66.7 Å². The molecular formula is C20H41NO4S2. The van der Waals surface area contributed by atoms with Crippen LogP contribution in [-0.2, 0) is 19.0 Å². The fourth-order valence-electron chi connectivity index (χ4n) is 2.17. The molecule has 0 aromatic rings. The first-order valence-corrected chi connectivity index (χ1v) is 11.9. The molecule has 0 aromatic carbocycles. The lowest BCUT2D eigenvalue weighted by molar-refractivity contribution is -0.121. The first kappa shape index (κ1) is 27.0. The molecule has 1 amide bonds. The van der Waals surface area contributed by atoms with Gasteiger partial charge in [-0.1, -0.05) is 31.6 Å². The molecular weight excluding hydrogens is 382 g/mol. The Hall–Kier alpha value is 0.0500. The molecule has 0 saturated heterocycles. The molecule has 0 aliphatic rings. The van der Waals surface area contributed by atoms with Gasteiger partial charge in [0.25, 0.3) is 0 Å². The molecule has 0 saturated carbocycles. The number of rotatable bonds is 17. The lowest BCUT2D eigenvalue weighted by Gasteiger charge is -2.20. The van der Waals surface area contributed by atoms with Crippen LogP contribution in [0.4, 0.5) is 0 Å². The maximum Gasteiger partial charge on any atom is 0.220 e. The number of thiol groups is 1. The highest BCUT2D eigenvalue weighted by atomic mass is 33.1. The summed E-state index contributed by atoms with van der Waals surface area (Å²) in [5.41, 5.74) is 0.202. The van der Waals surface area contributed by atoms with E-state index in [2.05, 4.69) is 51.6 Å². The lowest BCUT2D eigenvalue weighted by Crippen LogP contribution is -2.26. The fourth-order valence-corrected chi connectivity index (χ4v) is 2.68. The van der Waals surface area contributed by atoms with Crippen LogP contribution in [0.15, 0.2) is 0 Å². The third-order valence-electron chi connectivity index (χ3n) is 3.95. The second kappa shape index (κ2) is 15.9. The first-order chi connectivity index (χ1) is 12.7. The van der Waals surface area contributed by atoms with Gasteiger partial charge in [-0.3, -0.25) is 4.79 Å². The predicted molar refractivity (Wildman–Crippen MR) is 119 cm³/mol. The number of amides is 1. The van der Waals surface area contributed by atoms with Crippen molar-refractivity contribution in [1.82, 2.24) is 5.32 Å². The minimum absolute atomic E-state index is 0.126. The van der Waals surface area contributed by atoms with Crippen LogP contribution in [0, 0.1) is 5.41 Å². The van der Waals surface area contributed by atoms with Crippen molar-refractivity contribution in [2.75, 3.05) is 46.2 Å². The van der Waals surface area contributed by atoms with E-state index in [-0.39, 0.29) is 16.1 Å². The fraction of sp³-hybridized carbons (Fsp3) is 0.950. The van der Waals surface area contributed by atoms with Gasteiger partial charge in [0.15, 0.2) is 0 Å². The van der Waals surface area contributed by atoms with Crippen molar-refractivity contribution in [1.29, 1.82) is 0 Å². The number of carbonyl (C=O) groups excluding carboxylic acids is 1. The number of ether oxygens (including phenoxy) is 3. The summed E-state index contributed by atoms with van der Waals surface area (Å²) in [5, 5.41) is 2.93. The van der Waals surface area contributed by atoms with E-state index < -0.39 is 0 Å². The summed E-state index contributed by atoms with van der Waals surface area (Å²) < 4.78 is 16.7. The quantitative estimate of drug-likeness (QED) is 0.205. The molecule has 0 spiro atoms. The third kappa shape index (κ3) is 20.6. The van der Waals surface area contributed by atoms with Crippen LogP contribution < -0.4 is 5.32 Å². The summed E-state index contributed by atoms with van der Waals surface area (Å²) in [5.74, 6) is 0.126. The van der Waals surface area contributed by atoms with Gasteiger partial charge >= 0.3 is 0 Å². The number of carbonyl (C=O) groups is 1. The maximum absolute atomic E-state index is 11.7. The van der Waals surface area contributed by atoms with E-state index in [0.29, 0.717) is 46.0 Å². The van der Waals surface area contributed by atoms with Crippen molar-refractivity contribution in [2.45, 2.75) is 71.5 Å². The topological polar surface area (TPSA) is 56.8 Å². The Morgan fingerprint density at radius 3 is 1.89 bits per heavy atom. The van der Waals surface area contributed by atoms with Gasteiger partial charge in [0, 0.05) is 30.9 Å². The van der Waals surface area contributed by atoms with Crippen molar-refractivity contribution in [2.24, 2.45) is 5.41 Å². The minimum Gasteiger partial charge on any atom is -0.379 e. The van der Waals surface area contributed by atoms with Crippen molar-refractivity contribution in [3.8, 4) is 0 Å². The molecule has 0 atom stereocenters. The Labute approximate surface area is 175 Å². The van der Waals surface area contributed by atoms with Gasteiger partial charge in [-0.2, -0.15) is 0 Å². The Balaban J connectivity index is 3.24. The SMILES string of the molecule is CC(C)(C)CCC(=O)NCCCOCCOCCOCCCC(C)(C)SS. The highest BCUT2D eigenvalue weighted by molar-refractivity contribution is 8.69. The highest BCUT2D eigenvalue weighted by Gasteiger charge is 2.15. The van der Waals surface area contributed by atoms with Crippen LogP contribution in [0.5, 0.6) is 0 Å². The summed E-state index contributed by atoms with van der Waals surface area (Å²) >= 11 is 4.27. The van der Waals surface area contributed by atoms with Gasteiger partial charge in [-0.15, -0.1) is 11.7 Å². The van der Waals surface area contributed by atoms with Gasteiger partial charge in [-0.05, 0) is 44.9 Å². The predicted octanol–water partition coefficient (Wildman–Crippen LogP) is 4.51. The van der Waals surface area contributed by atoms with E-state index in [0.717, 1.165) is 32.3 Å². The van der Waals surface area contributed by atoms with E-state index in [1.165, 1.54) is 0 Å². The third-order valence-corrected chi connectivity index (χ3v) is 6.13. The van der Waals surface area contributed by atoms with Crippen molar-refractivity contribution in [3.63, 3.8) is 0 Å². The van der Waals surface area contributed by atoms with Crippen LogP contribution in [0.2, 0.25) is 0 Å². The summed E-state index contributed by atoms with van der Waals surface area (Å²) in [7, 11) is 1.60. The first-order valence-electron chi connectivity index (χ1n) is 9.99. The maximum atomic E-state index is 11.7. The van der Waals surface area contributed by atoms with Crippen molar-refractivity contribution in [3.05, 3.63) is 0 Å². The van der Waals surface area contributed by atoms with Crippen molar-refractivity contribution < 1.29 is 19.0 Å². The van der Waals surface area contributed by atoms with Crippen molar-refractivity contribution >= 4 is 28.4 Å². The molecule has 0 fully saturated rings. The molecule has 0 heterocycles. The molecule has 0 unspecified atom stereocenters. The molecule has 0 bridgehead atoms. The smallest absolute Gasteiger partial charge is 0.220 e. The Kier molecular flexibility index (Phi) is 15.9. The molecule has 0 aliphatic heterocycles. The van der Waals surface area contributed by atoms with Gasteiger partial charge in [0.2, 0.25) is 5.91 Å². The second-order valence-electron chi connectivity index (χ2n) is 8.56. The standard InChI is InChI=1S/C20H41NO4S2/c1-19(2,3)10-8-18(22)21-11-7-13-24-15-17-25-16-14-23-12-6-9-20(4,5)27-26/h26H,6-17H2,1-5H3,(H,21,22). The normalized spacial score (nSPS) is 12.4. The molecule has 0 rings (SSSR count). The average molecular weight is 424 g/mol. The van der Waals surface area contributed by atoms with E-state index in [1.54, 1.807) is 10.8 Å². The lowest BCUT2D eigenvalue weighted by atomic mass is 9.90. The van der Waals surface area contributed by atoms with E-state index >= 15 is 0 Å². The number of nitrogens with one attached hydrogen (secondary N) is 1. The van der Waals surface area contributed by atoms with Crippen LogP contribution in [0.3, 0.4) is 0 Å². The Bertz CT molecular complexity index is 373. The molecule has 0 aliphatic carbocycles. The zero-order valence-corrected chi connectivity index (χ0v) is 19.7. The van der Waals surface area contributed by atoms with Gasteiger partial charge in [-0.25, -0.2) is 0 Å². The van der Waals surface area contributed by atoms with Gasteiger partial charge < -0.3 is 19.5 Å². The summed E-state index contributed by atoms with van der Waals surface area (Å²) in [6.45, 7) is 15.2. The van der Waals surface area contributed by atoms with E-state index in [4.69, 9.17) is 14.2 Å². The average Bonchev–Trinajstić information content (AvgIpc) is 2.59. The van der Waals surface area contributed by atoms with Crippen LogP contribution >= 0.6 is 22.5 Å². The summed E-state index contributed by atoms with van der Waals surface area (Å²) in [6, 6.07) is 0. The zero-order valence-electron chi connectivity index (χ0n) is 18.0. The molecule has 162 valence electrons. The molecule has 7 heteroatoms. The molecule has 27 heavy (non-hydrogen) atoms. The molecule has 1 N–H and O–H groups in total. The number of hydrogen-bond acceptors (Lipinski definition) is 6. The second-order valence-corrected chi connectivity index (χ2v) is 10.4. The van der Waals surface area contributed by atoms with Crippen LogP contribution in [-0.4, -0.2) is 56.8 Å². The summed E-state index contributed by atoms with van der Waals surface area (Å²) in [4.78, 5) is 11.7. The van der Waals surface area contributed by atoms with E-state index in [9.17, 15) is 4.79 Å². The Morgan fingerprint density at radius 2 is 1.37 bits per heavy atom. The van der Waals surface area contributed by atoms with E-state index in [1.807, 2.05) is 0 Å². The largest absolute Gasteiger partial charge is 0.379 e. The molecule has 0 radical (unpaired) electrons. The van der Waals surface area contributed by atoms with Gasteiger partial charge in [0.1, 0.15) is 0 Å². The molecule has 0 aromatic heterocycles. The monoisotopic (exact) mass is 423 g/mol. The zero-order chi connectivity index (χ0) is 20.6.